The third-order valence-electron chi connectivity index (χ3n) is 2.53. The second kappa shape index (κ2) is 6.32. The molecule has 1 heterocycles. The van der Waals surface area contributed by atoms with E-state index in [0.29, 0.717) is 6.17 Å². The summed E-state index contributed by atoms with van der Waals surface area (Å²) in [5, 5.41) is 6.44. The zero-order valence-corrected chi connectivity index (χ0v) is 8.68. The third-order valence-corrected chi connectivity index (χ3v) is 2.53. The number of hydrogen-bond donors (Lipinski definition) is 2. The van der Waals surface area contributed by atoms with Gasteiger partial charge in [-0.3, -0.25) is 4.90 Å². The molecule has 0 aromatic rings. The van der Waals surface area contributed by atoms with Crippen LogP contribution in [0.2, 0.25) is 0 Å². The zero-order chi connectivity index (χ0) is 9.52. The van der Waals surface area contributed by atoms with Crippen molar-refractivity contribution in [3.8, 4) is 0 Å². The highest BCUT2D eigenvalue weighted by Crippen LogP contribution is 1.98. The molecule has 1 aliphatic rings. The number of hydrogen-bond acceptors (Lipinski definition) is 4. The van der Waals surface area contributed by atoms with Crippen molar-refractivity contribution in [2.45, 2.75) is 12.6 Å². The summed E-state index contributed by atoms with van der Waals surface area (Å²) in [6.45, 7) is 5.10. The van der Waals surface area contributed by atoms with E-state index in [1.54, 1.807) is 0 Å². The summed E-state index contributed by atoms with van der Waals surface area (Å²) in [4.78, 5) is 2.45. The van der Waals surface area contributed by atoms with Gasteiger partial charge in [-0.2, -0.15) is 0 Å². The van der Waals surface area contributed by atoms with E-state index in [9.17, 15) is 0 Å². The van der Waals surface area contributed by atoms with Gasteiger partial charge in [0.25, 0.3) is 0 Å². The molecule has 0 amide bonds. The summed E-state index contributed by atoms with van der Waals surface area (Å²) >= 11 is 0. The maximum Gasteiger partial charge on any atom is 0.0594 e. The van der Waals surface area contributed by atoms with Gasteiger partial charge in [0, 0.05) is 19.6 Å². The minimum Gasteiger partial charge on any atom is -0.379 e. The van der Waals surface area contributed by atoms with E-state index in [0.717, 1.165) is 39.3 Å². The normalized spacial score (nSPS) is 19.6. The number of nitrogens with zero attached hydrogens (tertiary/aromatic N) is 1. The lowest BCUT2D eigenvalue weighted by Crippen LogP contribution is -2.43. The van der Waals surface area contributed by atoms with Gasteiger partial charge in [-0.15, -0.1) is 0 Å². The zero-order valence-electron chi connectivity index (χ0n) is 8.68. The lowest BCUT2D eigenvalue weighted by molar-refractivity contribution is 0.0359. The van der Waals surface area contributed by atoms with Crippen molar-refractivity contribution in [2.75, 3.05) is 46.9 Å². The van der Waals surface area contributed by atoms with Crippen LogP contribution in [-0.4, -0.2) is 58.0 Å². The van der Waals surface area contributed by atoms with Crippen molar-refractivity contribution in [3.05, 3.63) is 0 Å². The van der Waals surface area contributed by atoms with Crippen molar-refractivity contribution >= 4 is 0 Å². The summed E-state index contributed by atoms with van der Waals surface area (Å²) < 4.78 is 5.29. The fraction of sp³-hybridized carbons (Fsp3) is 1.00. The Morgan fingerprint density at radius 2 is 1.85 bits per heavy atom. The summed E-state index contributed by atoms with van der Waals surface area (Å²) in [5.41, 5.74) is 0. The summed E-state index contributed by atoms with van der Waals surface area (Å²) in [6, 6.07) is 0. The molecule has 0 atom stereocenters. The van der Waals surface area contributed by atoms with Crippen LogP contribution in [0, 0.1) is 0 Å². The molecule has 0 unspecified atom stereocenters. The van der Waals surface area contributed by atoms with E-state index >= 15 is 0 Å². The highest BCUT2D eigenvalue weighted by molar-refractivity contribution is 4.66. The Balaban J connectivity index is 2.09. The molecule has 13 heavy (non-hydrogen) atoms. The van der Waals surface area contributed by atoms with Crippen LogP contribution >= 0.6 is 0 Å². The lowest BCUT2D eigenvalue weighted by atomic mass is 10.3. The van der Waals surface area contributed by atoms with Gasteiger partial charge in [0.1, 0.15) is 0 Å². The first-order chi connectivity index (χ1) is 6.36. The molecule has 78 valence electrons. The van der Waals surface area contributed by atoms with Crippen molar-refractivity contribution in [1.82, 2.24) is 15.5 Å². The first kappa shape index (κ1) is 10.9. The van der Waals surface area contributed by atoms with Crippen LogP contribution in [0.15, 0.2) is 0 Å². The fourth-order valence-electron chi connectivity index (χ4n) is 1.57. The first-order valence-electron chi connectivity index (χ1n) is 5.01. The highest BCUT2D eigenvalue weighted by atomic mass is 16.5. The lowest BCUT2D eigenvalue weighted by Gasteiger charge is -2.28. The molecule has 0 aromatic carbocycles. The van der Waals surface area contributed by atoms with Crippen molar-refractivity contribution in [3.63, 3.8) is 0 Å². The Morgan fingerprint density at radius 1 is 1.23 bits per heavy atom. The molecule has 0 aromatic heterocycles. The van der Waals surface area contributed by atoms with Crippen LogP contribution in [-0.2, 0) is 4.74 Å². The van der Waals surface area contributed by atoms with Gasteiger partial charge in [-0.05, 0) is 20.5 Å². The van der Waals surface area contributed by atoms with Gasteiger partial charge in [0.05, 0.1) is 19.4 Å². The summed E-state index contributed by atoms with van der Waals surface area (Å²) in [7, 11) is 3.97. The number of morpholine rings is 1. The van der Waals surface area contributed by atoms with E-state index in [2.05, 4.69) is 15.5 Å². The van der Waals surface area contributed by atoms with Crippen LogP contribution in [0.5, 0.6) is 0 Å². The summed E-state index contributed by atoms with van der Waals surface area (Å²) in [5.74, 6) is 0. The monoisotopic (exact) mass is 187 g/mol. The Labute approximate surface area is 80.6 Å². The van der Waals surface area contributed by atoms with Gasteiger partial charge in [0.15, 0.2) is 0 Å². The van der Waals surface area contributed by atoms with Gasteiger partial charge in [-0.1, -0.05) is 0 Å². The highest BCUT2D eigenvalue weighted by Gasteiger charge is 2.11. The molecule has 0 radical (unpaired) electrons. The molecule has 0 bridgehead atoms. The van der Waals surface area contributed by atoms with Crippen LogP contribution in [0.4, 0.5) is 0 Å². The van der Waals surface area contributed by atoms with Crippen molar-refractivity contribution < 1.29 is 4.74 Å². The molecule has 0 spiro atoms. The van der Waals surface area contributed by atoms with E-state index in [-0.39, 0.29) is 0 Å². The van der Waals surface area contributed by atoms with Crippen molar-refractivity contribution in [2.24, 2.45) is 0 Å². The van der Waals surface area contributed by atoms with Crippen LogP contribution in [0.1, 0.15) is 6.42 Å². The Morgan fingerprint density at radius 3 is 2.38 bits per heavy atom. The minimum absolute atomic E-state index is 0.433. The largest absolute Gasteiger partial charge is 0.379 e. The molecular weight excluding hydrogens is 166 g/mol. The maximum absolute atomic E-state index is 5.29. The number of ether oxygens (including phenoxy) is 1. The Kier molecular flexibility index (Phi) is 5.31. The second-order valence-electron chi connectivity index (χ2n) is 3.37. The molecule has 2 N–H and O–H groups in total. The predicted octanol–water partition coefficient (Wildman–Crippen LogP) is -0.526. The molecule has 1 aliphatic heterocycles. The molecule has 4 heteroatoms. The average Bonchev–Trinajstić information content (AvgIpc) is 2.21. The Hall–Kier alpha value is -0.160. The van der Waals surface area contributed by atoms with Gasteiger partial charge in [0.2, 0.25) is 0 Å². The third kappa shape index (κ3) is 4.04. The van der Waals surface area contributed by atoms with Crippen molar-refractivity contribution in [1.29, 1.82) is 0 Å². The average molecular weight is 187 g/mol. The van der Waals surface area contributed by atoms with E-state index in [1.165, 1.54) is 0 Å². The second-order valence-corrected chi connectivity index (χ2v) is 3.37. The molecule has 0 saturated carbocycles. The SMILES string of the molecule is CNC(CCN1CCOCC1)NC. The Bertz CT molecular complexity index is 122. The topological polar surface area (TPSA) is 36.5 Å². The maximum atomic E-state index is 5.29. The smallest absolute Gasteiger partial charge is 0.0594 e. The first-order valence-corrected chi connectivity index (χ1v) is 5.01. The molecule has 1 saturated heterocycles. The molecule has 1 fully saturated rings. The summed E-state index contributed by atoms with van der Waals surface area (Å²) in [6.07, 6.45) is 1.58. The standard InChI is InChI=1S/C9H21N3O/c1-10-9(11-2)3-4-12-5-7-13-8-6-12/h9-11H,3-8H2,1-2H3. The molecule has 4 nitrogen and oxygen atoms in total. The van der Waals surface area contributed by atoms with Crippen LogP contribution in [0.3, 0.4) is 0 Å². The minimum atomic E-state index is 0.433. The van der Waals surface area contributed by atoms with Gasteiger partial charge in [-0.25, -0.2) is 0 Å². The van der Waals surface area contributed by atoms with E-state index in [4.69, 9.17) is 4.74 Å². The van der Waals surface area contributed by atoms with Gasteiger partial charge >= 0.3 is 0 Å². The van der Waals surface area contributed by atoms with Gasteiger partial charge < -0.3 is 15.4 Å². The fourth-order valence-corrected chi connectivity index (χ4v) is 1.57. The van der Waals surface area contributed by atoms with Crippen LogP contribution in [0.25, 0.3) is 0 Å². The van der Waals surface area contributed by atoms with E-state index in [1.807, 2.05) is 14.1 Å². The molecule has 1 rings (SSSR count). The van der Waals surface area contributed by atoms with Crippen LogP contribution < -0.4 is 10.6 Å². The number of rotatable bonds is 5. The predicted molar refractivity (Wildman–Crippen MR) is 53.8 cm³/mol. The molecular formula is C9H21N3O. The van der Waals surface area contributed by atoms with E-state index < -0.39 is 0 Å². The quantitative estimate of drug-likeness (QED) is 0.568. The molecule has 0 aliphatic carbocycles. The number of nitrogens with one attached hydrogen (secondary N) is 2.